The third kappa shape index (κ3) is 2.83. The lowest BCUT2D eigenvalue weighted by molar-refractivity contribution is 0.245. The lowest BCUT2D eigenvalue weighted by atomic mass is 10.0. The number of hydrogen-bond donors (Lipinski definition) is 1. The van der Waals surface area contributed by atoms with Gasteiger partial charge in [0.1, 0.15) is 11.6 Å². The van der Waals surface area contributed by atoms with Crippen molar-refractivity contribution in [1.82, 2.24) is 4.90 Å². The highest BCUT2D eigenvalue weighted by Crippen LogP contribution is 2.33. The van der Waals surface area contributed by atoms with Gasteiger partial charge in [0.05, 0.1) is 0 Å². The van der Waals surface area contributed by atoms with Crippen molar-refractivity contribution in [3.05, 3.63) is 29.6 Å². The van der Waals surface area contributed by atoms with E-state index in [1.807, 2.05) is 0 Å². The van der Waals surface area contributed by atoms with Crippen LogP contribution < -0.4 is 0 Å². The van der Waals surface area contributed by atoms with Crippen molar-refractivity contribution < 1.29 is 9.50 Å². The summed E-state index contributed by atoms with van der Waals surface area (Å²) in [6.45, 7) is 6.47. The third-order valence-corrected chi connectivity index (χ3v) is 4.00. The average molecular weight is 251 g/mol. The molecule has 1 aromatic carbocycles. The Morgan fingerprint density at radius 2 is 2.28 bits per heavy atom. The van der Waals surface area contributed by atoms with Crippen molar-refractivity contribution in [3.63, 3.8) is 0 Å². The molecular formula is C15H22FNO. The van der Waals surface area contributed by atoms with Crippen LogP contribution in [0.4, 0.5) is 4.39 Å². The average Bonchev–Trinajstić information content (AvgIpc) is 2.77. The zero-order chi connectivity index (χ0) is 13.1. The molecule has 18 heavy (non-hydrogen) atoms. The van der Waals surface area contributed by atoms with Crippen molar-refractivity contribution >= 4 is 0 Å². The van der Waals surface area contributed by atoms with E-state index in [4.69, 9.17) is 0 Å². The first-order valence-corrected chi connectivity index (χ1v) is 6.84. The molecular weight excluding hydrogens is 229 g/mol. The minimum Gasteiger partial charge on any atom is -0.508 e. The van der Waals surface area contributed by atoms with E-state index < -0.39 is 0 Å². The van der Waals surface area contributed by atoms with Gasteiger partial charge < -0.3 is 5.11 Å². The Morgan fingerprint density at radius 1 is 1.50 bits per heavy atom. The molecule has 1 heterocycles. The van der Waals surface area contributed by atoms with Gasteiger partial charge >= 0.3 is 0 Å². The van der Waals surface area contributed by atoms with Crippen molar-refractivity contribution in [2.75, 3.05) is 13.1 Å². The van der Waals surface area contributed by atoms with Gasteiger partial charge in [-0.1, -0.05) is 19.4 Å². The topological polar surface area (TPSA) is 23.5 Å². The standard InChI is InChI=1S/C15H22FNO/c1-3-4-12-7-8-17(10-12)11(2)14-6-5-13(16)9-15(14)18/h5-6,9,11-12,18H,3-4,7-8,10H2,1-2H3. The summed E-state index contributed by atoms with van der Waals surface area (Å²) in [4.78, 5) is 2.38. The molecule has 0 amide bonds. The van der Waals surface area contributed by atoms with Crippen LogP contribution in [0.2, 0.25) is 0 Å². The molecule has 0 spiro atoms. The van der Waals surface area contributed by atoms with Crippen molar-refractivity contribution in [2.45, 2.75) is 39.2 Å². The fourth-order valence-corrected chi connectivity index (χ4v) is 2.93. The molecule has 2 nitrogen and oxygen atoms in total. The van der Waals surface area contributed by atoms with Gasteiger partial charge in [-0.25, -0.2) is 4.39 Å². The molecule has 2 atom stereocenters. The SMILES string of the molecule is CCCC1CCN(C(C)c2ccc(F)cc2O)C1. The fourth-order valence-electron chi connectivity index (χ4n) is 2.93. The number of aromatic hydroxyl groups is 1. The first-order chi connectivity index (χ1) is 8.61. The molecule has 100 valence electrons. The van der Waals surface area contributed by atoms with E-state index in [1.54, 1.807) is 6.07 Å². The molecule has 1 fully saturated rings. The van der Waals surface area contributed by atoms with Gasteiger partial charge in [-0.2, -0.15) is 0 Å². The number of phenols is 1. The fraction of sp³-hybridized carbons (Fsp3) is 0.600. The zero-order valence-electron chi connectivity index (χ0n) is 11.2. The zero-order valence-corrected chi connectivity index (χ0v) is 11.2. The molecule has 1 N–H and O–H groups in total. The number of likely N-dealkylation sites (tertiary alicyclic amines) is 1. The van der Waals surface area contributed by atoms with Gasteiger partial charge in [-0.3, -0.25) is 4.90 Å². The Balaban J connectivity index is 2.05. The lowest BCUT2D eigenvalue weighted by Crippen LogP contribution is -2.24. The quantitative estimate of drug-likeness (QED) is 0.881. The van der Waals surface area contributed by atoms with Gasteiger partial charge in [-0.05, 0) is 38.3 Å². The number of phenolic OH excluding ortho intramolecular Hbond substituents is 1. The number of nitrogens with zero attached hydrogens (tertiary/aromatic N) is 1. The van der Waals surface area contributed by atoms with Crippen LogP contribution in [0, 0.1) is 11.7 Å². The molecule has 0 aromatic heterocycles. The molecule has 1 aliphatic heterocycles. The van der Waals surface area contributed by atoms with Crippen LogP contribution in [-0.4, -0.2) is 23.1 Å². The normalized spacial score (nSPS) is 22.3. The second-order valence-electron chi connectivity index (χ2n) is 5.32. The Bertz CT molecular complexity index is 407. The lowest BCUT2D eigenvalue weighted by Gasteiger charge is -2.25. The largest absolute Gasteiger partial charge is 0.508 e. The predicted molar refractivity (Wildman–Crippen MR) is 71.1 cm³/mol. The van der Waals surface area contributed by atoms with Gasteiger partial charge in [0, 0.05) is 24.2 Å². The summed E-state index contributed by atoms with van der Waals surface area (Å²) >= 11 is 0. The third-order valence-electron chi connectivity index (χ3n) is 4.00. The summed E-state index contributed by atoms with van der Waals surface area (Å²) in [5.41, 5.74) is 0.827. The minimum absolute atomic E-state index is 0.0708. The molecule has 0 saturated carbocycles. The molecule has 2 rings (SSSR count). The van der Waals surface area contributed by atoms with Crippen LogP contribution in [0.25, 0.3) is 0 Å². The highest BCUT2D eigenvalue weighted by Gasteiger charge is 2.27. The van der Waals surface area contributed by atoms with Crippen molar-refractivity contribution in [3.8, 4) is 5.75 Å². The van der Waals surface area contributed by atoms with Crippen molar-refractivity contribution in [1.29, 1.82) is 0 Å². The summed E-state index contributed by atoms with van der Waals surface area (Å²) in [7, 11) is 0. The highest BCUT2D eigenvalue weighted by atomic mass is 19.1. The van der Waals surface area contributed by atoms with Crippen LogP contribution in [0.1, 0.15) is 44.7 Å². The summed E-state index contributed by atoms with van der Waals surface area (Å²) in [5, 5.41) is 9.82. The van der Waals surface area contributed by atoms with Crippen LogP contribution >= 0.6 is 0 Å². The van der Waals surface area contributed by atoms with E-state index in [0.717, 1.165) is 24.6 Å². The Hall–Kier alpha value is -1.09. The van der Waals surface area contributed by atoms with E-state index in [2.05, 4.69) is 18.7 Å². The van der Waals surface area contributed by atoms with Gasteiger partial charge in [-0.15, -0.1) is 0 Å². The van der Waals surface area contributed by atoms with E-state index in [9.17, 15) is 9.50 Å². The summed E-state index contributed by atoms with van der Waals surface area (Å²) < 4.78 is 13.0. The molecule has 3 heteroatoms. The first-order valence-electron chi connectivity index (χ1n) is 6.84. The van der Waals surface area contributed by atoms with E-state index in [-0.39, 0.29) is 17.6 Å². The molecule has 1 aromatic rings. The van der Waals surface area contributed by atoms with E-state index in [1.165, 1.54) is 31.4 Å². The number of hydrogen-bond acceptors (Lipinski definition) is 2. The molecule has 2 unspecified atom stereocenters. The Morgan fingerprint density at radius 3 is 2.94 bits per heavy atom. The van der Waals surface area contributed by atoms with Gasteiger partial charge in [0.15, 0.2) is 0 Å². The maximum Gasteiger partial charge on any atom is 0.126 e. The number of halogens is 1. The second-order valence-corrected chi connectivity index (χ2v) is 5.32. The highest BCUT2D eigenvalue weighted by molar-refractivity contribution is 5.35. The summed E-state index contributed by atoms with van der Waals surface area (Å²) in [5.74, 6) is 0.468. The van der Waals surface area contributed by atoms with Crippen molar-refractivity contribution in [2.24, 2.45) is 5.92 Å². The van der Waals surface area contributed by atoms with Gasteiger partial charge in [0.25, 0.3) is 0 Å². The van der Waals surface area contributed by atoms with Gasteiger partial charge in [0.2, 0.25) is 0 Å². The number of rotatable bonds is 4. The molecule has 1 saturated heterocycles. The molecule has 1 aliphatic rings. The maximum atomic E-state index is 13.0. The Kier molecular flexibility index (Phi) is 4.23. The number of benzene rings is 1. The minimum atomic E-state index is -0.381. The molecule has 0 bridgehead atoms. The molecule has 0 aliphatic carbocycles. The van der Waals surface area contributed by atoms with E-state index >= 15 is 0 Å². The Labute approximate surface area is 108 Å². The van der Waals surface area contributed by atoms with Crippen LogP contribution in [0.15, 0.2) is 18.2 Å². The summed E-state index contributed by atoms with van der Waals surface area (Å²) in [6.07, 6.45) is 3.74. The monoisotopic (exact) mass is 251 g/mol. The van der Waals surface area contributed by atoms with Crippen LogP contribution in [-0.2, 0) is 0 Å². The second kappa shape index (κ2) is 5.70. The summed E-state index contributed by atoms with van der Waals surface area (Å²) in [6, 6.07) is 4.48. The smallest absolute Gasteiger partial charge is 0.126 e. The van der Waals surface area contributed by atoms with Crippen LogP contribution in [0.3, 0.4) is 0 Å². The maximum absolute atomic E-state index is 13.0. The van der Waals surface area contributed by atoms with E-state index in [0.29, 0.717) is 0 Å². The molecule has 0 radical (unpaired) electrons. The predicted octanol–water partition coefficient (Wildman–Crippen LogP) is 3.71. The first kappa shape index (κ1) is 13.3. The van der Waals surface area contributed by atoms with Crippen LogP contribution in [0.5, 0.6) is 5.75 Å².